The van der Waals surface area contributed by atoms with Crippen LogP contribution in [0.1, 0.15) is 25.7 Å². The molecule has 2 heterocycles. The van der Waals surface area contributed by atoms with Crippen LogP contribution in [0.4, 0.5) is 0 Å². The molecule has 8 bridgehead atoms. The lowest BCUT2D eigenvalue weighted by Gasteiger charge is -2.68. The molecule has 0 aromatic rings. The fraction of sp³-hybridized carbons (Fsp3) is 1.00. The van der Waals surface area contributed by atoms with Gasteiger partial charge in [-0.1, -0.05) is 0 Å². The van der Waals surface area contributed by atoms with E-state index < -0.39 is 0 Å². The van der Waals surface area contributed by atoms with Crippen molar-refractivity contribution in [3.8, 4) is 0 Å². The number of hydrogen-bond donors (Lipinski definition) is 0. The van der Waals surface area contributed by atoms with Gasteiger partial charge < -0.3 is 18.9 Å². The van der Waals surface area contributed by atoms with Gasteiger partial charge in [0.2, 0.25) is 0 Å². The molecule has 0 radical (unpaired) electrons. The summed E-state index contributed by atoms with van der Waals surface area (Å²) in [5, 5.41) is 0. The van der Waals surface area contributed by atoms with Crippen LogP contribution in [0.15, 0.2) is 0 Å². The van der Waals surface area contributed by atoms with Crippen LogP contribution in [0.5, 0.6) is 0 Å². The fourth-order valence-electron chi connectivity index (χ4n) is 13.0. The van der Waals surface area contributed by atoms with Gasteiger partial charge in [-0.25, -0.2) is 0 Å². The number of ether oxygens (including phenoxy) is 4. The molecule has 4 heteroatoms. The van der Waals surface area contributed by atoms with Crippen LogP contribution in [0.3, 0.4) is 0 Å². The van der Waals surface area contributed by atoms with Crippen molar-refractivity contribution in [1.82, 2.24) is 0 Å². The average molecular weight is 356 g/mol. The third-order valence-corrected chi connectivity index (χ3v) is 12.0. The summed E-state index contributed by atoms with van der Waals surface area (Å²) in [5.74, 6) is 8.64. The third-order valence-electron chi connectivity index (χ3n) is 12.0. The molecular formula is C22H28O4. The predicted molar refractivity (Wildman–Crippen MR) is 89.6 cm³/mol. The van der Waals surface area contributed by atoms with Gasteiger partial charge in [0.1, 0.15) is 0 Å². The maximum absolute atomic E-state index is 6.81. The van der Waals surface area contributed by atoms with Crippen LogP contribution in [-0.2, 0) is 18.9 Å². The molecule has 8 aliphatic carbocycles. The molecule has 0 aromatic heterocycles. The zero-order chi connectivity index (χ0) is 16.7. The molecule has 8 saturated carbocycles. The van der Waals surface area contributed by atoms with E-state index >= 15 is 0 Å². The zero-order valence-corrected chi connectivity index (χ0v) is 15.5. The van der Waals surface area contributed by atoms with Gasteiger partial charge in [0.15, 0.2) is 12.6 Å². The number of rotatable bonds is 2. The molecule has 2 aliphatic heterocycles. The lowest BCUT2D eigenvalue weighted by Crippen LogP contribution is -2.73. The minimum Gasteiger partial charge on any atom is -0.355 e. The zero-order valence-electron chi connectivity index (χ0n) is 15.5. The molecule has 0 N–H and O–H groups in total. The van der Waals surface area contributed by atoms with Crippen LogP contribution in [0.25, 0.3) is 0 Å². The fourth-order valence-corrected chi connectivity index (χ4v) is 13.0. The summed E-state index contributed by atoms with van der Waals surface area (Å²) in [6.07, 6.45) is 6.18. The highest BCUT2D eigenvalue weighted by molar-refractivity contribution is 5.45. The second-order valence-electron chi connectivity index (χ2n) is 11.2. The molecule has 10 aliphatic rings. The minimum atomic E-state index is -0.0142. The first kappa shape index (κ1) is 13.9. The first-order valence-corrected chi connectivity index (χ1v) is 11.2. The number of hydrogen-bond acceptors (Lipinski definition) is 4. The summed E-state index contributed by atoms with van der Waals surface area (Å²) < 4.78 is 26.1. The Morgan fingerprint density at radius 1 is 0.615 bits per heavy atom. The van der Waals surface area contributed by atoms with E-state index in [2.05, 4.69) is 0 Å². The molecule has 0 amide bonds. The average Bonchev–Trinajstić information content (AvgIpc) is 3.44. The van der Waals surface area contributed by atoms with Crippen molar-refractivity contribution in [3.05, 3.63) is 0 Å². The van der Waals surface area contributed by atoms with Crippen molar-refractivity contribution < 1.29 is 18.9 Å². The minimum absolute atomic E-state index is 0.0142. The SMILES string of the molecule is CO[C@@H]1O[C@@H]2CC[C@@H]3[C@@H]2[C@H]2[C@H]4[C@@H]5[C@@H]6[C@@H]7[C@H]8CC[C@@H]7O[C@H](OC)[C@]6([C@@H]34)[C@@]12[C@H]85. The van der Waals surface area contributed by atoms with Gasteiger partial charge in [-0.3, -0.25) is 0 Å². The van der Waals surface area contributed by atoms with Gasteiger partial charge in [-0.15, -0.1) is 0 Å². The molecule has 10 rings (SSSR count). The van der Waals surface area contributed by atoms with Crippen molar-refractivity contribution in [1.29, 1.82) is 0 Å². The highest BCUT2D eigenvalue weighted by Gasteiger charge is 3.02. The van der Waals surface area contributed by atoms with Crippen LogP contribution in [-0.4, -0.2) is 39.0 Å². The Balaban J connectivity index is 1.40. The topological polar surface area (TPSA) is 36.9 Å². The van der Waals surface area contributed by atoms with Crippen molar-refractivity contribution in [2.45, 2.75) is 50.5 Å². The summed E-state index contributed by atoms with van der Waals surface area (Å²) in [6, 6.07) is 0. The Labute approximate surface area is 154 Å². The van der Waals surface area contributed by atoms with Gasteiger partial charge >= 0.3 is 0 Å². The van der Waals surface area contributed by atoms with Crippen LogP contribution in [0, 0.1) is 70.0 Å². The second-order valence-corrected chi connectivity index (χ2v) is 11.2. The first-order chi connectivity index (χ1) is 12.8. The van der Waals surface area contributed by atoms with Crippen LogP contribution in [0.2, 0.25) is 0 Å². The monoisotopic (exact) mass is 356 g/mol. The number of methoxy groups -OCH3 is 2. The van der Waals surface area contributed by atoms with Gasteiger partial charge in [0.25, 0.3) is 0 Å². The maximum Gasteiger partial charge on any atom is 0.164 e. The Bertz CT molecular complexity index is 676. The molecule has 16 atom stereocenters. The maximum atomic E-state index is 6.81. The molecule has 140 valence electrons. The van der Waals surface area contributed by atoms with Gasteiger partial charge in [-0.05, 0) is 84.9 Å². The van der Waals surface area contributed by atoms with E-state index in [4.69, 9.17) is 18.9 Å². The van der Waals surface area contributed by atoms with Crippen molar-refractivity contribution in [2.75, 3.05) is 14.2 Å². The quantitative estimate of drug-likeness (QED) is 0.762. The van der Waals surface area contributed by atoms with Gasteiger partial charge in [0, 0.05) is 25.0 Å². The molecule has 0 aromatic carbocycles. The van der Waals surface area contributed by atoms with E-state index in [1.165, 1.54) is 25.7 Å². The van der Waals surface area contributed by atoms with Crippen molar-refractivity contribution in [2.24, 2.45) is 70.0 Å². The van der Waals surface area contributed by atoms with Gasteiger partial charge in [-0.2, -0.15) is 0 Å². The highest BCUT2D eigenvalue weighted by Crippen LogP contribution is 3.00. The van der Waals surface area contributed by atoms with Crippen LogP contribution >= 0.6 is 0 Å². The molecule has 4 nitrogen and oxygen atoms in total. The van der Waals surface area contributed by atoms with Gasteiger partial charge in [0.05, 0.1) is 12.2 Å². The van der Waals surface area contributed by atoms with E-state index in [1.54, 1.807) is 0 Å². The Morgan fingerprint density at radius 2 is 1.08 bits per heavy atom. The van der Waals surface area contributed by atoms with Crippen LogP contribution < -0.4 is 0 Å². The molecule has 26 heavy (non-hydrogen) atoms. The van der Waals surface area contributed by atoms with E-state index in [1.807, 2.05) is 14.2 Å². The normalized spacial score (nSPS) is 79.6. The van der Waals surface area contributed by atoms with E-state index in [0.29, 0.717) is 12.2 Å². The molecular weight excluding hydrogens is 328 g/mol. The lowest BCUT2D eigenvalue weighted by atomic mass is 9.41. The molecule has 2 saturated heterocycles. The summed E-state index contributed by atoms with van der Waals surface area (Å²) in [4.78, 5) is 0. The summed E-state index contributed by atoms with van der Waals surface area (Å²) >= 11 is 0. The Hall–Kier alpha value is -0.160. The molecule has 10 fully saturated rings. The van der Waals surface area contributed by atoms with E-state index in [0.717, 1.165) is 59.2 Å². The van der Waals surface area contributed by atoms with E-state index in [9.17, 15) is 0 Å². The Kier molecular flexibility index (Phi) is 1.98. The predicted octanol–water partition coefficient (Wildman–Crippen LogP) is 2.52. The standard InChI is InChI=1S/C22H28O4/c1-23-19-21-15-7-4-6-10-12(7)18-13(15)14-16(22(18,21)20(24-2)26-10)8-3-5-9(25-19)11(8)17(14)21/h7-20H,3-6H2,1-2H3/t7-,8-,9-,10+,11+,12-,13+,14+,15-,16+,17+,18+,19-,20+,21-,22-/m1/s1. The smallest absolute Gasteiger partial charge is 0.164 e. The molecule has 2 spiro atoms. The lowest BCUT2D eigenvalue weighted by molar-refractivity contribution is -0.399. The largest absolute Gasteiger partial charge is 0.355 e. The Morgan fingerprint density at radius 3 is 1.50 bits per heavy atom. The van der Waals surface area contributed by atoms with E-state index in [-0.39, 0.29) is 23.4 Å². The highest BCUT2D eigenvalue weighted by atomic mass is 16.7. The second kappa shape index (κ2) is 3.69. The van der Waals surface area contributed by atoms with Crippen molar-refractivity contribution >= 4 is 0 Å². The molecule has 0 unspecified atom stereocenters. The summed E-state index contributed by atoms with van der Waals surface area (Å²) in [5.41, 5.74) is 0.400. The summed E-state index contributed by atoms with van der Waals surface area (Å²) in [7, 11) is 3.82. The van der Waals surface area contributed by atoms with Crippen molar-refractivity contribution in [3.63, 3.8) is 0 Å². The summed E-state index contributed by atoms with van der Waals surface area (Å²) in [6.45, 7) is 0. The third kappa shape index (κ3) is 0.881. The first-order valence-electron chi connectivity index (χ1n) is 11.2.